The van der Waals surface area contributed by atoms with Crippen molar-refractivity contribution in [3.05, 3.63) is 33.9 Å². The zero-order valence-corrected chi connectivity index (χ0v) is 10.4. The van der Waals surface area contributed by atoms with E-state index < -0.39 is 4.92 Å². The lowest BCUT2D eigenvalue weighted by Gasteiger charge is -2.23. The molecule has 0 aliphatic rings. The van der Waals surface area contributed by atoms with Crippen LogP contribution < -0.4 is 4.90 Å². The number of nitro benzene ring substituents is 1. The van der Waals surface area contributed by atoms with Crippen LogP contribution in [-0.4, -0.2) is 34.8 Å². The minimum absolute atomic E-state index is 0.0385. The highest BCUT2D eigenvalue weighted by Gasteiger charge is 2.19. The summed E-state index contributed by atoms with van der Waals surface area (Å²) < 4.78 is 0. The summed E-state index contributed by atoms with van der Waals surface area (Å²) in [6.45, 7) is 2.68. The molecule has 0 aliphatic carbocycles. The molecule has 100 valence electrons. The van der Waals surface area contributed by atoms with Crippen LogP contribution in [0.3, 0.4) is 0 Å². The molecule has 0 aliphatic heterocycles. The number of rotatable bonds is 7. The second-order valence-electron chi connectivity index (χ2n) is 3.95. The van der Waals surface area contributed by atoms with Crippen molar-refractivity contribution in [1.29, 1.82) is 0 Å². The lowest BCUT2D eigenvalue weighted by Crippen LogP contribution is -2.28. The molecule has 0 bridgehead atoms. The molecule has 0 unspecified atom stereocenters. The van der Waals surface area contributed by atoms with Crippen molar-refractivity contribution >= 4 is 11.4 Å². The van der Waals surface area contributed by atoms with Crippen LogP contribution in [0.2, 0.25) is 0 Å². The zero-order chi connectivity index (χ0) is 13.5. The first-order valence-electron chi connectivity index (χ1n) is 5.88. The van der Waals surface area contributed by atoms with Crippen LogP contribution in [0.15, 0.2) is 18.2 Å². The van der Waals surface area contributed by atoms with Gasteiger partial charge in [0, 0.05) is 19.2 Å². The highest BCUT2D eigenvalue weighted by Crippen LogP contribution is 2.29. The molecule has 1 rings (SSSR count). The van der Waals surface area contributed by atoms with Gasteiger partial charge in [0.05, 0.1) is 18.1 Å². The summed E-state index contributed by atoms with van der Waals surface area (Å²) in [6, 6.07) is 4.65. The molecule has 0 radical (unpaired) electrons. The Labute approximate surface area is 106 Å². The number of nitro groups is 1. The van der Waals surface area contributed by atoms with Gasteiger partial charge in [-0.2, -0.15) is 0 Å². The Kier molecular flexibility index (Phi) is 5.54. The molecule has 6 nitrogen and oxygen atoms in total. The highest BCUT2D eigenvalue weighted by atomic mass is 16.6. The van der Waals surface area contributed by atoms with Gasteiger partial charge in [-0.3, -0.25) is 10.1 Å². The Morgan fingerprint density at radius 2 is 2.06 bits per heavy atom. The molecule has 1 aromatic carbocycles. The number of benzene rings is 1. The minimum atomic E-state index is -0.464. The SMILES string of the molecule is CCCN(CCO)c1ccc(CO)cc1[N+](=O)[O-]. The number of anilines is 1. The predicted octanol–water partition coefficient (Wildman–Crippen LogP) is 1.30. The van der Waals surface area contributed by atoms with Gasteiger partial charge in [-0.1, -0.05) is 13.0 Å². The summed E-state index contributed by atoms with van der Waals surface area (Å²) in [5.41, 5.74) is 0.947. The first-order valence-corrected chi connectivity index (χ1v) is 5.88. The van der Waals surface area contributed by atoms with Crippen molar-refractivity contribution in [2.45, 2.75) is 20.0 Å². The van der Waals surface area contributed by atoms with Gasteiger partial charge in [0.2, 0.25) is 0 Å². The van der Waals surface area contributed by atoms with Crippen molar-refractivity contribution in [3.63, 3.8) is 0 Å². The topological polar surface area (TPSA) is 86.8 Å². The summed E-state index contributed by atoms with van der Waals surface area (Å²) in [6.07, 6.45) is 0.832. The van der Waals surface area contributed by atoms with Crippen molar-refractivity contribution in [3.8, 4) is 0 Å². The smallest absolute Gasteiger partial charge is 0.292 e. The summed E-state index contributed by atoms with van der Waals surface area (Å²) in [5.74, 6) is 0. The maximum Gasteiger partial charge on any atom is 0.292 e. The van der Waals surface area contributed by atoms with Gasteiger partial charge in [-0.05, 0) is 18.1 Å². The van der Waals surface area contributed by atoms with E-state index in [-0.39, 0.29) is 18.9 Å². The van der Waals surface area contributed by atoms with E-state index in [4.69, 9.17) is 10.2 Å². The standard InChI is InChI=1S/C12H18N2O4/c1-2-5-13(6-7-15)11-4-3-10(9-16)8-12(11)14(17)18/h3-4,8,15-16H,2,5-7,9H2,1H3. The van der Waals surface area contributed by atoms with E-state index in [1.807, 2.05) is 6.92 Å². The number of hydrogen-bond acceptors (Lipinski definition) is 5. The normalized spacial score (nSPS) is 10.4. The van der Waals surface area contributed by atoms with Gasteiger partial charge in [-0.15, -0.1) is 0 Å². The summed E-state index contributed by atoms with van der Waals surface area (Å²) in [7, 11) is 0. The van der Waals surface area contributed by atoms with E-state index in [1.165, 1.54) is 6.07 Å². The zero-order valence-electron chi connectivity index (χ0n) is 10.4. The van der Waals surface area contributed by atoms with E-state index >= 15 is 0 Å². The molecule has 6 heteroatoms. The summed E-state index contributed by atoms with van der Waals surface area (Å²) >= 11 is 0. The first-order chi connectivity index (χ1) is 8.63. The molecule has 2 N–H and O–H groups in total. The van der Waals surface area contributed by atoms with Crippen LogP contribution in [0, 0.1) is 10.1 Å². The molecule has 0 aromatic heterocycles. The third kappa shape index (κ3) is 3.41. The Bertz CT molecular complexity index is 403. The van der Waals surface area contributed by atoms with Crippen LogP contribution >= 0.6 is 0 Å². The molecule has 18 heavy (non-hydrogen) atoms. The second kappa shape index (κ2) is 6.93. The molecule has 0 amide bonds. The summed E-state index contributed by atoms with van der Waals surface area (Å²) in [5, 5.41) is 29.0. The molecule has 0 spiro atoms. The van der Waals surface area contributed by atoms with Crippen LogP contribution in [0.5, 0.6) is 0 Å². The maximum atomic E-state index is 11.0. The monoisotopic (exact) mass is 254 g/mol. The quantitative estimate of drug-likeness (QED) is 0.565. The average molecular weight is 254 g/mol. The van der Waals surface area contributed by atoms with E-state index in [1.54, 1.807) is 17.0 Å². The second-order valence-corrected chi connectivity index (χ2v) is 3.95. The Morgan fingerprint density at radius 1 is 1.33 bits per heavy atom. The Hall–Kier alpha value is -1.66. The van der Waals surface area contributed by atoms with E-state index in [0.717, 1.165) is 6.42 Å². The Balaban J connectivity index is 3.15. The molecular weight excluding hydrogens is 236 g/mol. The van der Waals surface area contributed by atoms with Gasteiger partial charge >= 0.3 is 0 Å². The third-order valence-corrected chi connectivity index (χ3v) is 2.62. The fourth-order valence-electron chi connectivity index (χ4n) is 1.82. The molecule has 1 aromatic rings. The van der Waals surface area contributed by atoms with E-state index in [9.17, 15) is 10.1 Å². The largest absolute Gasteiger partial charge is 0.395 e. The van der Waals surface area contributed by atoms with Gasteiger partial charge in [0.1, 0.15) is 5.69 Å². The number of aliphatic hydroxyl groups is 2. The van der Waals surface area contributed by atoms with Crippen LogP contribution in [0.1, 0.15) is 18.9 Å². The lowest BCUT2D eigenvalue weighted by molar-refractivity contribution is -0.384. The molecule has 0 atom stereocenters. The Morgan fingerprint density at radius 3 is 2.56 bits per heavy atom. The van der Waals surface area contributed by atoms with Crippen molar-refractivity contribution in [2.75, 3.05) is 24.6 Å². The van der Waals surface area contributed by atoms with Gasteiger partial charge in [0.15, 0.2) is 0 Å². The average Bonchev–Trinajstić information content (AvgIpc) is 2.37. The van der Waals surface area contributed by atoms with Crippen molar-refractivity contribution < 1.29 is 15.1 Å². The van der Waals surface area contributed by atoms with Crippen LogP contribution in [-0.2, 0) is 6.61 Å². The van der Waals surface area contributed by atoms with Gasteiger partial charge in [-0.25, -0.2) is 0 Å². The van der Waals surface area contributed by atoms with Crippen molar-refractivity contribution in [1.82, 2.24) is 0 Å². The van der Waals surface area contributed by atoms with E-state index in [2.05, 4.69) is 0 Å². The van der Waals surface area contributed by atoms with E-state index in [0.29, 0.717) is 24.3 Å². The first kappa shape index (κ1) is 14.4. The van der Waals surface area contributed by atoms with Crippen molar-refractivity contribution in [2.24, 2.45) is 0 Å². The third-order valence-electron chi connectivity index (χ3n) is 2.62. The lowest BCUT2D eigenvalue weighted by atomic mass is 10.1. The van der Waals surface area contributed by atoms with Crippen LogP contribution in [0.4, 0.5) is 11.4 Å². The number of aliphatic hydroxyl groups excluding tert-OH is 2. The molecule has 0 fully saturated rings. The highest BCUT2D eigenvalue weighted by molar-refractivity contribution is 5.64. The maximum absolute atomic E-state index is 11.0. The predicted molar refractivity (Wildman–Crippen MR) is 68.6 cm³/mol. The summed E-state index contributed by atoms with van der Waals surface area (Å²) in [4.78, 5) is 12.4. The molecular formula is C12H18N2O4. The fraction of sp³-hybridized carbons (Fsp3) is 0.500. The molecule has 0 saturated heterocycles. The number of nitrogens with zero attached hydrogens (tertiary/aromatic N) is 2. The van der Waals surface area contributed by atoms with Gasteiger partial charge < -0.3 is 15.1 Å². The van der Waals surface area contributed by atoms with Crippen LogP contribution in [0.25, 0.3) is 0 Å². The fourth-order valence-corrected chi connectivity index (χ4v) is 1.82. The minimum Gasteiger partial charge on any atom is -0.395 e. The molecule has 0 saturated carbocycles. The molecule has 0 heterocycles. The number of hydrogen-bond donors (Lipinski definition) is 2. The van der Waals surface area contributed by atoms with Gasteiger partial charge in [0.25, 0.3) is 5.69 Å².